The molecule has 1 amide bonds. The smallest absolute Gasteiger partial charge is 0.250 e. The number of rotatable bonds is 7. The standard InChI is InChI=1S/C20H25N3O2/c21-20(24)17-8-9-19(22-15-17)25-18-10-13-23(14-11-18)12-4-7-16-5-2-1-3-6-16/h1-3,5-6,8-9,15,18H,4,7,10-14H2,(H2,21,24). The summed E-state index contributed by atoms with van der Waals surface area (Å²) >= 11 is 0. The van der Waals surface area contributed by atoms with E-state index in [1.165, 1.54) is 18.2 Å². The highest BCUT2D eigenvalue weighted by atomic mass is 16.5. The molecule has 3 rings (SSSR count). The van der Waals surface area contributed by atoms with E-state index in [2.05, 4.69) is 40.2 Å². The average molecular weight is 339 g/mol. The molecule has 0 aliphatic carbocycles. The Morgan fingerprint density at radius 3 is 2.56 bits per heavy atom. The van der Waals surface area contributed by atoms with Crippen LogP contribution in [-0.2, 0) is 6.42 Å². The first-order chi connectivity index (χ1) is 12.2. The van der Waals surface area contributed by atoms with E-state index in [9.17, 15) is 4.79 Å². The summed E-state index contributed by atoms with van der Waals surface area (Å²) in [6.07, 6.45) is 5.99. The number of pyridine rings is 1. The van der Waals surface area contributed by atoms with Crippen LogP contribution < -0.4 is 10.5 Å². The number of nitrogens with two attached hydrogens (primary N) is 1. The summed E-state index contributed by atoms with van der Waals surface area (Å²) in [6, 6.07) is 14.0. The zero-order valence-corrected chi connectivity index (χ0v) is 14.4. The molecule has 1 saturated heterocycles. The van der Waals surface area contributed by atoms with Crippen molar-refractivity contribution < 1.29 is 9.53 Å². The van der Waals surface area contributed by atoms with Crippen LogP contribution in [0.2, 0.25) is 0 Å². The van der Waals surface area contributed by atoms with Crippen LogP contribution in [0.5, 0.6) is 5.88 Å². The molecule has 2 N–H and O–H groups in total. The number of carbonyl (C=O) groups excluding carboxylic acids is 1. The van der Waals surface area contributed by atoms with Crippen molar-refractivity contribution in [3.8, 4) is 5.88 Å². The van der Waals surface area contributed by atoms with Crippen molar-refractivity contribution in [2.75, 3.05) is 19.6 Å². The molecule has 1 fully saturated rings. The lowest BCUT2D eigenvalue weighted by molar-refractivity contribution is 0.0960. The molecule has 0 atom stereocenters. The third-order valence-electron chi connectivity index (χ3n) is 4.63. The third-order valence-corrected chi connectivity index (χ3v) is 4.63. The summed E-state index contributed by atoms with van der Waals surface area (Å²) < 4.78 is 5.92. The zero-order chi connectivity index (χ0) is 17.5. The molecule has 1 aliphatic rings. The molecular formula is C20H25N3O2. The fourth-order valence-corrected chi connectivity index (χ4v) is 3.17. The molecule has 0 saturated carbocycles. The molecule has 2 heterocycles. The maximum Gasteiger partial charge on any atom is 0.250 e. The Morgan fingerprint density at radius 2 is 1.92 bits per heavy atom. The van der Waals surface area contributed by atoms with E-state index in [0.717, 1.165) is 38.9 Å². The summed E-state index contributed by atoms with van der Waals surface area (Å²) in [5.74, 6) is 0.0930. The van der Waals surface area contributed by atoms with E-state index < -0.39 is 5.91 Å². The van der Waals surface area contributed by atoms with Gasteiger partial charge in [0.05, 0.1) is 5.56 Å². The van der Waals surface area contributed by atoms with Crippen LogP contribution in [0.4, 0.5) is 0 Å². The highest BCUT2D eigenvalue weighted by molar-refractivity contribution is 5.92. The van der Waals surface area contributed by atoms with Crippen molar-refractivity contribution in [2.24, 2.45) is 5.73 Å². The average Bonchev–Trinajstić information content (AvgIpc) is 2.64. The molecule has 1 aliphatic heterocycles. The topological polar surface area (TPSA) is 68.5 Å². The van der Waals surface area contributed by atoms with E-state index in [1.54, 1.807) is 12.1 Å². The van der Waals surface area contributed by atoms with E-state index >= 15 is 0 Å². The van der Waals surface area contributed by atoms with Gasteiger partial charge < -0.3 is 15.4 Å². The lowest BCUT2D eigenvalue weighted by atomic mass is 10.1. The Bertz CT molecular complexity index is 665. The van der Waals surface area contributed by atoms with Crippen molar-refractivity contribution in [3.05, 3.63) is 59.8 Å². The molecule has 1 aromatic carbocycles. The Morgan fingerprint density at radius 1 is 1.16 bits per heavy atom. The number of carbonyl (C=O) groups is 1. The first kappa shape index (κ1) is 17.4. The normalized spacial score (nSPS) is 15.8. The van der Waals surface area contributed by atoms with Gasteiger partial charge in [-0.2, -0.15) is 0 Å². The predicted molar refractivity (Wildman–Crippen MR) is 97.6 cm³/mol. The molecule has 0 unspecified atom stereocenters. The van der Waals surface area contributed by atoms with Crippen LogP contribution in [0.25, 0.3) is 0 Å². The van der Waals surface area contributed by atoms with Crippen LogP contribution in [0.1, 0.15) is 35.2 Å². The fourth-order valence-electron chi connectivity index (χ4n) is 3.17. The molecule has 0 radical (unpaired) electrons. The van der Waals surface area contributed by atoms with E-state index in [4.69, 9.17) is 10.5 Å². The summed E-state index contributed by atoms with van der Waals surface area (Å²) in [5, 5.41) is 0. The van der Waals surface area contributed by atoms with E-state index in [0.29, 0.717) is 11.4 Å². The SMILES string of the molecule is NC(=O)c1ccc(OC2CCN(CCCc3ccccc3)CC2)nc1. The van der Waals surface area contributed by atoms with E-state index in [-0.39, 0.29) is 6.10 Å². The van der Waals surface area contributed by atoms with Gasteiger partial charge in [-0.3, -0.25) is 4.79 Å². The first-order valence-corrected chi connectivity index (χ1v) is 8.89. The number of aromatic nitrogens is 1. The van der Waals surface area contributed by atoms with Gasteiger partial charge in [-0.05, 0) is 43.9 Å². The van der Waals surface area contributed by atoms with Gasteiger partial charge in [0, 0.05) is 25.4 Å². The number of hydrogen-bond acceptors (Lipinski definition) is 4. The number of aryl methyl sites for hydroxylation is 1. The second-order valence-corrected chi connectivity index (χ2v) is 6.50. The second kappa shape index (κ2) is 8.62. The van der Waals surface area contributed by atoms with Crippen molar-refractivity contribution in [1.29, 1.82) is 0 Å². The lowest BCUT2D eigenvalue weighted by Gasteiger charge is -2.31. The minimum atomic E-state index is -0.470. The molecule has 1 aromatic heterocycles. The highest BCUT2D eigenvalue weighted by Gasteiger charge is 2.20. The van der Waals surface area contributed by atoms with Gasteiger partial charge in [0.2, 0.25) is 11.8 Å². The van der Waals surface area contributed by atoms with Crippen molar-refractivity contribution in [1.82, 2.24) is 9.88 Å². The fraction of sp³-hybridized carbons (Fsp3) is 0.400. The molecule has 5 nitrogen and oxygen atoms in total. The number of nitrogens with zero attached hydrogens (tertiary/aromatic N) is 2. The van der Waals surface area contributed by atoms with Crippen molar-refractivity contribution in [3.63, 3.8) is 0 Å². The van der Waals surface area contributed by atoms with Gasteiger partial charge >= 0.3 is 0 Å². The number of benzene rings is 1. The van der Waals surface area contributed by atoms with Gasteiger partial charge in [0.1, 0.15) is 6.10 Å². The zero-order valence-electron chi connectivity index (χ0n) is 14.4. The maximum absolute atomic E-state index is 11.1. The Kier molecular flexibility index (Phi) is 6.01. The Balaban J connectivity index is 1.37. The summed E-state index contributed by atoms with van der Waals surface area (Å²) in [7, 11) is 0. The van der Waals surface area contributed by atoms with Gasteiger partial charge in [0.25, 0.3) is 0 Å². The van der Waals surface area contributed by atoms with Gasteiger partial charge in [0.15, 0.2) is 0 Å². The van der Waals surface area contributed by atoms with Gasteiger partial charge in [-0.1, -0.05) is 30.3 Å². The van der Waals surface area contributed by atoms with E-state index in [1.807, 2.05) is 0 Å². The highest BCUT2D eigenvalue weighted by Crippen LogP contribution is 2.18. The van der Waals surface area contributed by atoms with Crippen molar-refractivity contribution >= 4 is 5.91 Å². The molecule has 2 aromatic rings. The largest absolute Gasteiger partial charge is 0.474 e. The minimum absolute atomic E-state index is 0.192. The van der Waals surface area contributed by atoms with Crippen LogP contribution >= 0.6 is 0 Å². The van der Waals surface area contributed by atoms with Crippen LogP contribution in [0.3, 0.4) is 0 Å². The molecule has 5 heteroatoms. The number of piperidine rings is 1. The maximum atomic E-state index is 11.1. The number of amides is 1. The Labute approximate surface area is 148 Å². The monoisotopic (exact) mass is 339 g/mol. The minimum Gasteiger partial charge on any atom is -0.474 e. The molecular weight excluding hydrogens is 314 g/mol. The number of ether oxygens (including phenoxy) is 1. The summed E-state index contributed by atoms with van der Waals surface area (Å²) in [5.41, 5.74) is 7.03. The molecule has 132 valence electrons. The number of likely N-dealkylation sites (tertiary alicyclic amines) is 1. The predicted octanol–water partition coefficient (Wildman–Crippen LogP) is 2.66. The molecule has 0 bridgehead atoms. The molecule has 25 heavy (non-hydrogen) atoms. The van der Waals surface area contributed by atoms with Gasteiger partial charge in [-0.25, -0.2) is 4.98 Å². The summed E-state index contributed by atoms with van der Waals surface area (Å²) in [6.45, 7) is 3.24. The first-order valence-electron chi connectivity index (χ1n) is 8.89. The van der Waals surface area contributed by atoms with Crippen LogP contribution in [0, 0.1) is 0 Å². The quantitative estimate of drug-likeness (QED) is 0.842. The number of hydrogen-bond donors (Lipinski definition) is 1. The number of primary amides is 1. The third kappa shape index (κ3) is 5.29. The second-order valence-electron chi connectivity index (χ2n) is 6.50. The lowest BCUT2D eigenvalue weighted by Crippen LogP contribution is -2.38. The summed E-state index contributed by atoms with van der Waals surface area (Å²) in [4.78, 5) is 17.7. The van der Waals surface area contributed by atoms with Crippen LogP contribution in [-0.4, -0.2) is 41.5 Å². The van der Waals surface area contributed by atoms with Crippen molar-refractivity contribution in [2.45, 2.75) is 31.8 Å². The Hall–Kier alpha value is -2.40. The molecule has 0 spiro atoms. The van der Waals surface area contributed by atoms with Gasteiger partial charge in [-0.15, -0.1) is 0 Å². The van der Waals surface area contributed by atoms with Crippen LogP contribution in [0.15, 0.2) is 48.7 Å².